The highest BCUT2D eigenvalue weighted by Crippen LogP contribution is 2.38. The SMILES string of the molecule is Cc1cc(C)cc(-c2cc3c(c(SN)c2)OCC3)c1. The lowest BCUT2D eigenvalue weighted by molar-refractivity contribution is 0.350. The molecule has 0 saturated heterocycles. The molecular weight excluding hydrogens is 254 g/mol. The van der Waals surface area contributed by atoms with Gasteiger partial charge in [-0.1, -0.05) is 29.3 Å². The molecule has 98 valence electrons. The summed E-state index contributed by atoms with van der Waals surface area (Å²) in [6.07, 6.45) is 0.974. The van der Waals surface area contributed by atoms with E-state index in [2.05, 4.69) is 44.2 Å². The Bertz CT molecular complexity index is 617. The fraction of sp³-hybridized carbons (Fsp3) is 0.250. The number of ether oxygens (including phenoxy) is 1. The quantitative estimate of drug-likeness (QED) is 0.842. The van der Waals surface area contributed by atoms with Crippen molar-refractivity contribution in [1.82, 2.24) is 0 Å². The smallest absolute Gasteiger partial charge is 0.137 e. The standard InChI is InChI=1S/C16H17NOS/c1-10-5-11(2)7-13(6-10)14-8-12-3-4-18-16(12)15(9-14)19-17/h5-9H,3-4,17H2,1-2H3. The topological polar surface area (TPSA) is 35.2 Å². The molecule has 0 spiro atoms. The highest BCUT2D eigenvalue weighted by molar-refractivity contribution is 7.97. The molecule has 0 bridgehead atoms. The Morgan fingerprint density at radius 2 is 1.68 bits per heavy atom. The number of rotatable bonds is 2. The second-order valence-electron chi connectivity index (χ2n) is 5.06. The minimum atomic E-state index is 0.763. The van der Waals surface area contributed by atoms with Crippen LogP contribution in [0.2, 0.25) is 0 Å². The van der Waals surface area contributed by atoms with E-state index in [1.807, 2.05) is 0 Å². The second kappa shape index (κ2) is 4.91. The molecule has 0 amide bonds. The van der Waals surface area contributed by atoms with Gasteiger partial charge in [0.05, 0.1) is 11.5 Å². The number of benzene rings is 2. The average molecular weight is 271 g/mol. The Morgan fingerprint density at radius 3 is 2.37 bits per heavy atom. The van der Waals surface area contributed by atoms with Gasteiger partial charge in [-0.3, -0.25) is 5.14 Å². The molecule has 19 heavy (non-hydrogen) atoms. The summed E-state index contributed by atoms with van der Waals surface area (Å²) in [6, 6.07) is 11.0. The summed E-state index contributed by atoms with van der Waals surface area (Å²) >= 11 is 1.27. The van der Waals surface area contributed by atoms with Crippen LogP contribution in [0.5, 0.6) is 5.75 Å². The van der Waals surface area contributed by atoms with Gasteiger partial charge in [0, 0.05) is 6.42 Å². The lowest BCUT2D eigenvalue weighted by Gasteiger charge is -2.10. The lowest BCUT2D eigenvalue weighted by Crippen LogP contribution is -1.90. The van der Waals surface area contributed by atoms with Crippen molar-refractivity contribution in [3.63, 3.8) is 0 Å². The molecule has 1 aliphatic rings. The van der Waals surface area contributed by atoms with E-state index in [1.54, 1.807) is 0 Å². The van der Waals surface area contributed by atoms with Crippen LogP contribution in [0.15, 0.2) is 35.2 Å². The molecule has 0 aromatic heterocycles. The van der Waals surface area contributed by atoms with Crippen LogP contribution in [0.1, 0.15) is 16.7 Å². The number of fused-ring (bicyclic) bond motifs is 1. The third-order valence-electron chi connectivity index (χ3n) is 3.43. The van der Waals surface area contributed by atoms with Gasteiger partial charge in [0.1, 0.15) is 5.75 Å². The molecule has 3 rings (SSSR count). The second-order valence-corrected chi connectivity index (χ2v) is 5.73. The highest BCUT2D eigenvalue weighted by atomic mass is 32.2. The fourth-order valence-corrected chi connectivity index (χ4v) is 3.16. The first kappa shape index (κ1) is 12.6. The van der Waals surface area contributed by atoms with Crippen LogP contribution in [0, 0.1) is 13.8 Å². The maximum Gasteiger partial charge on any atom is 0.137 e. The summed E-state index contributed by atoms with van der Waals surface area (Å²) in [5.74, 6) is 0.973. The molecule has 2 aromatic carbocycles. The van der Waals surface area contributed by atoms with Gasteiger partial charge in [0.25, 0.3) is 0 Å². The molecule has 0 atom stereocenters. The Morgan fingerprint density at radius 1 is 1.00 bits per heavy atom. The van der Waals surface area contributed by atoms with Gasteiger partial charge < -0.3 is 4.74 Å². The molecule has 2 N–H and O–H groups in total. The summed E-state index contributed by atoms with van der Waals surface area (Å²) in [7, 11) is 0. The third-order valence-corrected chi connectivity index (χ3v) is 3.99. The molecule has 1 heterocycles. The van der Waals surface area contributed by atoms with E-state index >= 15 is 0 Å². The summed E-state index contributed by atoms with van der Waals surface area (Å²) in [5, 5.41) is 5.77. The van der Waals surface area contributed by atoms with Crippen molar-refractivity contribution in [3.05, 3.63) is 47.0 Å². The molecular formula is C16H17NOS. The summed E-state index contributed by atoms with van der Waals surface area (Å²) in [4.78, 5) is 1.03. The van der Waals surface area contributed by atoms with Crippen LogP contribution in [0.3, 0.4) is 0 Å². The Kier molecular flexibility index (Phi) is 3.25. The predicted molar refractivity (Wildman–Crippen MR) is 80.6 cm³/mol. The molecule has 0 fully saturated rings. The third kappa shape index (κ3) is 2.36. The van der Waals surface area contributed by atoms with Crippen LogP contribution in [0.25, 0.3) is 11.1 Å². The van der Waals surface area contributed by atoms with E-state index in [0.29, 0.717) is 0 Å². The molecule has 0 radical (unpaired) electrons. The fourth-order valence-electron chi connectivity index (χ4n) is 2.67. The van der Waals surface area contributed by atoms with Gasteiger partial charge in [-0.05, 0) is 54.6 Å². The first-order valence-electron chi connectivity index (χ1n) is 6.42. The van der Waals surface area contributed by atoms with Gasteiger partial charge in [0.15, 0.2) is 0 Å². The predicted octanol–water partition coefficient (Wildman–Crippen LogP) is 3.87. The van der Waals surface area contributed by atoms with Crippen LogP contribution in [-0.2, 0) is 6.42 Å². The normalized spacial score (nSPS) is 13.2. The Balaban J connectivity index is 2.15. The zero-order valence-corrected chi connectivity index (χ0v) is 12.0. The van der Waals surface area contributed by atoms with E-state index in [0.717, 1.165) is 23.7 Å². The van der Waals surface area contributed by atoms with Crippen molar-refractivity contribution in [3.8, 4) is 16.9 Å². The van der Waals surface area contributed by atoms with Gasteiger partial charge >= 0.3 is 0 Å². The van der Waals surface area contributed by atoms with Crippen LogP contribution >= 0.6 is 11.9 Å². The van der Waals surface area contributed by atoms with Crippen LogP contribution in [0.4, 0.5) is 0 Å². The van der Waals surface area contributed by atoms with E-state index in [-0.39, 0.29) is 0 Å². The molecule has 2 nitrogen and oxygen atoms in total. The molecule has 0 saturated carbocycles. The summed E-state index contributed by atoms with van der Waals surface area (Å²) < 4.78 is 5.66. The number of aryl methyl sites for hydroxylation is 2. The van der Waals surface area contributed by atoms with E-state index in [1.165, 1.54) is 39.8 Å². The number of hydrogen-bond donors (Lipinski definition) is 1. The highest BCUT2D eigenvalue weighted by Gasteiger charge is 2.18. The van der Waals surface area contributed by atoms with Crippen LogP contribution < -0.4 is 9.88 Å². The van der Waals surface area contributed by atoms with E-state index in [4.69, 9.17) is 9.88 Å². The van der Waals surface area contributed by atoms with Gasteiger partial charge in [0.2, 0.25) is 0 Å². The molecule has 3 heteroatoms. The minimum Gasteiger partial charge on any atom is -0.492 e. The monoisotopic (exact) mass is 271 g/mol. The Hall–Kier alpha value is -1.45. The van der Waals surface area contributed by atoms with E-state index < -0.39 is 0 Å². The van der Waals surface area contributed by atoms with Gasteiger partial charge in [-0.2, -0.15) is 0 Å². The lowest BCUT2D eigenvalue weighted by atomic mass is 9.98. The molecule has 2 aromatic rings. The Labute approximate surface area is 118 Å². The maximum absolute atomic E-state index is 5.77. The van der Waals surface area contributed by atoms with Crippen LogP contribution in [-0.4, -0.2) is 6.61 Å². The first-order chi connectivity index (χ1) is 9.17. The largest absolute Gasteiger partial charge is 0.492 e. The van der Waals surface area contributed by atoms with Gasteiger partial charge in [-0.25, -0.2) is 0 Å². The molecule has 0 aliphatic carbocycles. The molecule has 1 aliphatic heterocycles. The average Bonchev–Trinajstić information content (AvgIpc) is 2.84. The van der Waals surface area contributed by atoms with Crippen molar-refractivity contribution >= 4 is 11.9 Å². The number of nitrogens with two attached hydrogens (primary N) is 1. The summed E-state index contributed by atoms with van der Waals surface area (Å²) in [5.41, 5.74) is 6.32. The first-order valence-corrected chi connectivity index (χ1v) is 7.30. The summed E-state index contributed by atoms with van der Waals surface area (Å²) in [6.45, 7) is 5.02. The minimum absolute atomic E-state index is 0.763. The van der Waals surface area contributed by atoms with Crippen molar-refractivity contribution in [2.24, 2.45) is 5.14 Å². The van der Waals surface area contributed by atoms with Crippen molar-refractivity contribution in [1.29, 1.82) is 0 Å². The zero-order chi connectivity index (χ0) is 13.4. The van der Waals surface area contributed by atoms with Crippen molar-refractivity contribution in [2.45, 2.75) is 25.2 Å². The van der Waals surface area contributed by atoms with E-state index in [9.17, 15) is 0 Å². The molecule has 0 unspecified atom stereocenters. The maximum atomic E-state index is 5.77. The zero-order valence-electron chi connectivity index (χ0n) is 11.2. The number of hydrogen-bond acceptors (Lipinski definition) is 3. The van der Waals surface area contributed by atoms with Crippen molar-refractivity contribution < 1.29 is 4.74 Å². The van der Waals surface area contributed by atoms with Crippen molar-refractivity contribution in [2.75, 3.05) is 6.61 Å². The van der Waals surface area contributed by atoms with Gasteiger partial charge in [-0.15, -0.1) is 0 Å².